The van der Waals surface area contributed by atoms with Crippen molar-refractivity contribution in [3.8, 4) is 5.75 Å². The predicted octanol–water partition coefficient (Wildman–Crippen LogP) is 1.63. The van der Waals surface area contributed by atoms with E-state index in [0.717, 1.165) is 12.8 Å². The Labute approximate surface area is 146 Å². The molecule has 0 spiro atoms. The van der Waals surface area contributed by atoms with Gasteiger partial charge >= 0.3 is 5.97 Å². The third-order valence-corrected chi connectivity index (χ3v) is 3.71. The van der Waals surface area contributed by atoms with Gasteiger partial charge in [0.25, 0.3) is 5.91 Å². The molecule has 1 aromatic rings. The summed E-state index contributed by atoms with van der Waals surface area (Å²) in [5.74, 6) is -0.961. The Morgan fingerprint density at radius 1 is 1.32 bits per heavy atom. The van der Waals surface area contributed by atoms with Gasteiger partial charge in [-0.25, -0.2) is 4.79 Å². The molecule has 2 rings (SSSR count). The van der Waals surface area contributed by atoms with E-state index >= 15 is 0 Å². The Morgan fingerprint density at radius 3 is 2.60 bits per heavy atom. The van der Waals surface area contributed by atoms with E-state index in [4.69, 9.17) is 19.3 Å². The number of amides is 1. The van der Waals surface area contributed by atoms with Crippen LogP contribution in [0.4, 0.5) is 0 Å². The first-order valence-corrected chi connectivity index (χ1v) is 8.17. The standard InChI is InChI=1S/C18H23NO6/c1-2-9-24-12-16(18(21)22)19-17(20)13-3-5-14(6-4-13)25-15-7-10-23-11-8-15/h2-6,15-16H,1,7-12H2,(H,19,20)(H,21,22). The summed E-state index contributed by atoms with van der Waals surface area (Å²) in [5, 5.41) is 11.6. The number of carbonyl (C=O) groups excluding carboxylic acids is 1. The fraction of sp³-hybridized carbons (Fsp3) is 0.444. The average molecular weight is 349 g/mol. The molecule has 1 aliphatic heterocycles. The molecule has 0 aliphatic carbocycles. The lowest BCUT2D eigenvalue weighted by molar-refractivity contribution is -0.140. The van der Waals surface area contributed by atoms with Crippen molar-refractivity contribution < 1.29 is 28.9 Å². The molecule has 136 valence electrons. The first-order chi connectivity index (χ1) is 12.1. The second-order valence-corrected chi connectivity index (χ2v) is 5.64. The molecular weight excluding hydrogens is 326 g/mol. The van der Waals surface area contributed by atoms with E-state index in [1.807, 2.05) is 0 Å². The summed E-state index contributed by atoms with van der Waals surface area (Å²) in [5.41, 5.74) is 0.356. The fourth-order valence-corrected chi connectivity index (χ4v) is 2.36. The average Bonchev–Trinajstić information content (AvgIpc) is 2.62. The number of hydrogen-bond acceptors (Lipinski definition) is 5. The minimum absolute atomic E-state index is 0.117. The highest BCUT2D eigenvalue weighted by Gasteiger charge is 2.21. The van der Waals surface area contributed by atoms with Gasteiger partial charge in [-0.3, -0.25) is 4.79 Å². The molecule has 0 aromatic heterocycles. The summed E-state index contributed by atoms with van der Waals surface area (Å²) in [6, 6.07) is 5.50. The van der Waals surface area contributed by atoms with Crippen LogP contribution in [0.5, 0.6) is 5.75 Å². The fourth-order valence-electron chi connectivity index (χ4n) is 2.36. The lowest BCUT2D eigenvalue weighted by atomic mass is 10.1. The van der Waals surface area contributed by atoms with E-state index in [9.17, 15) is 9.59 Å². The summed E-state index contributed by atoms with van der Waals surface area (Å²) in [6.07, 6.45) is 3.31. The molecule has 1 heterocycles. The van der Waals surface area contributed by atoms with E-state index in [2.05, 4.69) is 11.9 Å². The minimum atomic E-state index is -1.16. The lowest BCUT2D eigenvalue weighted by Gasteiger charge is -2.23. The topological polar surface area (TPSA) is 94.1 Å². The van der Waals surface area contributed by atoms with Crippen molar-refractivity contribution in [2.75, 3.05) is 26.4 Å². The summed E-state index contributed by atoms with van der Waals surface area (Å²) in [6.45, 7) is 4.96. The molecular formula is C18H23NO6. The van der Waals surface area contributed by atoms with Crippen molar-refractivity contribution in [2.24, 2.45) is 0 Å². The number of aliphatic carboxylic acids is 1. The quantitative estimate of drug-likeness (QED) is 0.520. The second kappa shape index (κ2) is 9.80. The Morgan fingerprint density at radius 2 is 2.00 bits per heavy atom. The number of carboxylic acids is 1. The molecule has 25 heavy (non-hydrogen) atoms. The number of nitrogens with one attached hydrogen (secondary N) is 1. The molecule has 0 saturated carbocycles. The van der Waals surface area contributed by atoms with E-state index in [1.54, 1.807) is 24.3 Å². The van der Waals surface area contributed by atoms with Gasteiger partial charge in [0.2, 0.25) is 0 Å². The Balaban J connectivity index is 1.89. The maximum absolute atomic E-state index is 12.2. The van der Waals surface area contributed by atoms with Crippen molar-refractivity contribution in [3.63, 3.8) is 0 Å². The first-order valence-electron chi connectivity index (χ1n) is 8.17. The van der Waals surface area contributed by atoms with E-state index in [0.29, 0.717) is 24.5 Å². The van der Waals surface area contributed by atoms with Crippen LogP contribution in [0.3, 0.4) is 0 Å². The predicted molar refractivity (Wildman–Crippen MR) is 90.8 cm³/mol. The van der Waals surface area contributed by atoms with Gasteiger partial charge in [-0.05, 0) is 24.3 Å². The van der Waals surface area contributed by atoms with Gasteiger partial charge in [0.1, 0.15) is 11.9 Å². The first kappa shape index (κ1) is 19.0. The number of hydrogen-bond donors (Lipinski definition) is 2. The third kappa shape index (κ3) is 6.21. The van der Waals surface area contributed by atoms with Crippen LogP contribution < -0.4 is 10.1 Å². The van der Waals surface area contributed by atoms with Gasteiger partial charge in [-0.1, -0.05) is 6.08 Å². The maximum Gasteiger partial charge on any atom is 0.328 e. The summed E-state index contributed by atoms with van der Waals surface area (Å²) >= 11 is 0. The molecule has 0 radical (unpaired) electrons. The number of ether oxygens (including phenoxy) is 3. The molecule has 7 heteroatoms. The Bertz CT molecular complexity index is 580. The monoisotopic (exact) mass is 349 g/mol. The van der Waals surface area contributed by atoms with Crippen molar-refractivity contribution in [1.29, 1.82) is 0 Å². The van der Waals surface area contributed by atoms with Crippen LogP contribution in [0, 0.1) is 0 Å². The molecule has 1 amide bonds. The van der Waals surface area contributed by atoms with Crippen molar-refractivity contribution in [3.05, 3.63) is 42.5 Å². The summed E-state index contributed by atoms with van der Waals surface area (Å²) in [4.78, 5) is 23.4. The van der Waals surface area contributed by atoms with Gasteiger partial charge < -0.3 is 24.6 Å². The zero-order chi connectivity index (χ0) is 18.1. The molecule has 1 saturated heterocycles. The molecule has 1 aromatic carbocycles. The molecule has 1 aliphatic rings. The number of benzene rings is 1. The van der Waals surface area contributed by atoms with Crippen LogP contribution in [0.15, 0.2) is 36.9 Å². The van der Waals surface area contributed by atoms with Gasteiger partial charge in [0.15, 0.2) is 6.04 Å². The SMILES string of the molecule is C=CCOCC(NC(=O)c1ccc(OC2CCOCC2)cc1)C(=O)O. The molecule has 1 unspecified atom stereocenters. The van der Waals surface area contributed by atoms with E-state index in [-0.39, 0.29) is 19.3 Å². The number of rotatable bonds is 9. The number of carboxylic acid groups (broad SMARTS) is 1. The van der Waals surface area contributed by atoms with Crippen LogP contribution in [0.1, 0.15) is 23.2 Å². The normalized spacial score (nSPS) is 16.0. The van der Waals surface area contributed by atoms with Crippen LogP contribution in [0.25, 0.3) is 0 Å². The zero-order valence-electron chi connectivity index (χ0n) is 14.0. The summed E-state index contributed by atoms with van der Waals surface area (Å²) < 4.78 is 16.2. The van der Waals surface area contributed by atoms with Crippen LogP contribution >= 0.6 is 0 Å². The van der Waals surface area contributed by atoms with Crippen LogP contribution in [0.2, 0.25) is 0 Å². The summed E-state index contributed by atoms with van der Waals surface area (Å²) in [7, 11) is 0. The third-order valence-electron chi connectivity index (χ3n) is 3.71. The minimum Gasteiger partial charge on any atom is -0.490 e. The highest BCUT2D eigenvalue weighted by Crippen LogP contribution is 2.18. The van der Waals surface area contributed by atoms with Crippen LogP contribution in [-0.4, -0.2) is 55.6 Å². The van der Waals surface area contributed by atoms with Gasteiger partial charge in [0, 0.05) is 18.4 Å². The highest BCUT2D eigenvalue weighted by molar-refractivity contribution is 5.96. The maximum atomic E-state index is 12.2. The van der Waals surface area contributed by atoms with Crippen molar-refractivity contribution in [2.45, 2.75) is 25.0 Å². The molecule has 1 fully saturated rings. The smallest absolute Gasteiger partial charge is 0.328 e. The largest absolute Gasteiger partial charge is 0.490 e. The lowest BCUT2D eigenvalue weighted by Crippen LogP contribution is -2.44. The zero-order valence-corrected chi connectivity index (χ0v) is 14.0. The molecule has 2 N–H and O–H groups in total. The molecule has 1 atom stereocenters. The Kier molecular flexibility index (Phi) is 7.43. The molecule has 0 bridgehead atoms. The van der Waals surface area contributed by atoms with Gasteiger partial charge in [0.05, 0.1) is 26.4 Å². The van der Waals surface area contributed by atoms with Crippen molar-refractivity contribution >= 4 is 11.9 Å². The van der Waals surface area contributed by atoms with Gasteiger partial charge in [-0.2, -0.15) is 0 Å². The van der Waals surface area contributed by atoms with Crippen LogP contribution in [-0.2, 0) is 14.3 Å². The highest BCUT2D eigenvalue weighted by atomic mass is 16.5. The van der Waals surface area contributed by atoms with Gasteiger partial charge in [-0.15, -0.1) is 6.58 Å². The Hall–Kier alpha value is -2.38. The second-order valence-electron chi connectivity index (χ2n) is 5.64. The number of carbonyl (C=O) groups is 2. The van der Waals surface area contributed by atoms with E-state index < -0.39 is 17.9 Å². The molecule has 7 nitrogen and oxygen atoms in total. The van der Waals surface area contributed by atoms with Crippen molar-refractivity contribution in [1.82, 2.24) is 5.32 Å². The van der Waals surface area contributed by atoms with E-state index in [1.165, 1.54) is 6.08 Å².